The molecule has 118 valence electrons. The molecule has 0 spiro atoms. The van der Waals surface area contributed by atoms with Crippen molar-refractivity contribution in [3.05, 3.63) is 35.9 Å². The van der Waals surface area contributed by atoms with Gasteiger partial charge in [0.25, 0.3) is 0 Å². The third-order valence-corrected chi connectivity index (χ3v) is 4.41. The number of rotatable bonds is 7. The van der Waals surface area contributed by atoms with Gasteiger partial charge in [0.1, 0.15) is 0 Å². The summed E-state index contributed by atoms with van der Waals surface area (Å²) in [5, 5.41) is 3.71. The van der Waals surface area contributed by atoms with E-state index in [0.717, 1.165) is 13.0 Å². The fourth-order valence-electron chi connectivity index (χ4n) is 3.08. The van der Waals surface area contributed by atoms with Crippen LogP contribution < -0.4 is 5.32 Å². The maximum atomic E-state index is 3.71. The zero-order chi connectivity index (χ0) is 15.1. The molecule has 21 heavy (non-hydrogen) atoms. The lowest BCUT2D eigenvalue weighted by molar-refractivity contribution is 0.137. The fourth-order valence-corrected chi connectivity index (χ4v) is 3.08. The van der Waals surface area contributed by atoms with Crippen LogP contribution in [0, 0.1) is 0 Å². The van der Waals surface area contributed by atoms with Crippen LogP contribution in [0.15, 0.2) is 30.3 Å². The number of unbranched alkanes of at least 4 members (excludes halogenated alkanes) is 1. The Kier molecular flexibility index (Phi) is 6.68. The topological polar surface area (TPSA) is 18.5 Å². The van der Waals surface area contributed by atoms with Gasteiger partial charge in [0.2, 0.25) is 0 Å². The van der Waals surface area contributed by atoms with Crippen molar-refractivity contribution >= 4 is 0 Å². The molecule has 1 saturated heterocycles. The van der Waals surface area contributed by atoms with Crippen LogP contribution in [0.2, 0.25) is 0 Å². The van der Waals surface area contributed by atoms with Crippen LogP contribution in [-0.2, 0) is 6.42 Å². The van der Waals surface area contributed by atoms with Crippen molar-refractivity contribution in [3.8, 4) is 0 Å². The van der Waals surface area contributed by atoms with Crippen LogP contribution in [0.4, 0.5) is 0 Å². The highest BCUT2D eigenvalue weighted by atomic mass is 15.2. The molecule has 1 fully saturated rings. The van der Waals surface area contributed by atoms with Gasteiger partial charge in [0.15, 0.2) is 0 Å². The first-order valence-electron chi connectivity index (χ1n) is 8.31. The summed E-state index contributed by atoms with van der Waals surface area (Å²) in [5.41, 5.74) is 1.44. The number of hydrogen-bond acceptors (Lipinski definition) is 3. The summed E-state index contributed by atoms with van der Waals surface area (Å²) in [5.74, 6) is 0. The van der Waals surface area contributed by atoms with Crippen molar-refractivity contribution in [2.24, 2.45) is 0 Å². The molecule has 1 N–H and O–H groups in total. The molecule has 2 unspecified atom stereocenters. The van der Waals surface area contributed by atoms with E-state index in [0.29, 0.717) is 12.1 Å². The molecule has 3 heteroatoms. The van der Waals surface area contributed by atoms with E-state index in [2.05, 4.69) is 66.5 Å². The molecule has 1 aliphatic rings. The van der Waals surface area contributed by atoms with Crippen LogP contribution >= 0.6 is 0 Å². The van der Waals surface area contributed by atoms with E-state index in [1.165, 1.54) is 38.0 Å². The Morgan fingerprint density at radius 3 is 2.67 bits per heavy atom. The van der Waals surface area contributed by atoms with Crippen LogP contribution in [-0.4, -0.2) is 62.2 Å². The van der Waals surface area contributed by atoms with Crippen molar-refractivity contribution in [2.45, 2.75) is 38.3 Å². The van der Waals surface area contributed by atoms with Crippen molar-refractivity contribution in [1.29, 1.82) is 0 Å². The van der Waals surface area contributed by atoms with Crippen LogP contribution in [0.5, 0.6) is 0 Å². The normalized spacial score (nSPS) is 23.6. The minimum absolute atomic E-state index is 0.595. The lowest BCUT2D eigenvalue weighted by Crippen LogP contribution is -2.56. The number of piperazine rings is 1. The lowest BCUT2D eigenvalue weighted by Gasteiger charge is -2.39. The first-order valence-corrected chi connectivity index (χ1v) is 8.31. The highest BCUT2D eigenvalue weighted by Crippen LogP contribution is 2.12. The van der Waals surface area contributed by atoms with E-state index in [9.17, 15) is 0 Å². The van der Waals surface area contributed by atoms with E-state index in [1.54, 1.807) is 0 Å². The second-order valence-corrected chi connectivity index (χ2v) is 6.65. The van der Waals surface area contributed by atoms with Gasteiger partial charge in [-0.1, -0.05) is 30.3 Å². The van der Waals surface area contributed by atoms with Gasteiger partial charge in [-0.2, -0.15) is 0 Å². The van der Waals surface area contributed by atoms with Crippen molar-refractivity contribution in [2.75, 3.05) is 40.3 Å². The molecular weight excluding hydrogens is 258 g/mol. The van der Waals surface area contributed by atoms with Gasteiger partial charge in [0.05, 0.1) is 0 Å². The number of nitrogens with one attached hydrogen (secondary N) is 1. The summed E-state index contributed by atoms with van der Waals surface area (Å²) in [4.78, 5) is 4.94. The standard InChI is InChI=1S/C18H31N3/c1-16-14-19-18(13-17-9-5-4-6-10-17)15-21(16)12-8-7-11-20(2)3/h4-6,9-10,16,18-19H,7-8,11-15H2,1-3H3. The molecule has 2 atom stereocenters. The number of benzene rings is 1. The third kappa shape index (κ3) is 5.77. The first kappa shape index (κ1) is 16.5. The first-order chi connectivity index (χ1) is 10.1. The monoisotopic (exact) mass is 289 g/mol. The zero-order valence-corrected chi connectivity index (χ0v) is 13.9. The van der Waals surface area contributed by atoms with Crippen LogP contribution in [0.1, 0.15) is 25.3 Å². The van der Waals surface area contributed by atoms with Crippen LogP contribution in [0.25, 0.3) is 0 Å². The SMILES string of the molecule is CC1CNC(Cc2ccccc2)CN1CCCCN(C)C. The van der Waals surface area contributed by atoms with Crippen molar-refractivity contribution < 1.29 is 0 Å². The molecule has 0 bridgehead atoms. The van der Waals surface area contributed by atoms with E-state index in [1.807, 2.05) is 0 Å². The minimum atomic E-state index is 0.595. The highest BCUT2D eigenvalue weighted by Gasteiger charge is 2.24. The Labute approximate surface area is 130 Å². The Balaban J connectivity index is 1.76. The maximum Gasteiger partial charge on any atom is 0.0236 e. The smallest absolute Gasteiger partial charge is 0.0236 e. The minimum Gasteiger partial charge on any atom is -0.311 e. The summed E-state index contributed by atoms with van der Waals surface area (Å²) < 4.78 is 0. The Morgan fingerprint density at radius 2 is 1.95 bits per heavy atom. The Morgan fingerprint density at radius 1 is 1.19 bits per heavy atom. The molecule has 0 aromatic heterocycles. The Bertz CT molecular complexity index is 391. The summed E-state index contributed by atoms with van der Waals surface area (Å²) in [6.45, 7) is 7.08. The fraction of sp³-hybridized carbons (Fsp3) is 0.667. The van der Waals surface area contributed by atoms with Gasteiger partial charge in [-0.15, -0.1) is 0 Å². The molecule has 1 aromatic carbocycles. The molecule has 0 saturated carbocycles. The average molecular weight is 289 g/mol. The molecule has 0 amide bonds. The van der Waals surface area contributed by atoms with E-state index in [-0.39, 0.29) is 0 Å². The molecule has 1 heterocycles. The predicted octanol–water partition coefficient (Wildman–Crippen LogP) is 2.23. The number of nitrogens with zero attached hydrogens (tertiary/aromatic N) is 2. The Hall–Kier alpha value is -0.900. The van der Waals surface area contributed by atoms with Crippen molar-refractivity contribution in [1.82, 2.24) is 15.1 Å². The van der Waals surface area contributed by atoms with Gasteiger partial charge >= 0.3 is 0 Å². The molecule has 3 nitrogen and oxygen atoms in total. The van der Waals surface area contributed by atoms with Gasteiger partial charge < -0.3 is 10.2 Å². The average Bonchev–Trinajstić information content (AvgIpc) is 2.47. The third-order valence-electron chi connectivity index (χ3n) is 4.41. The summed E-state index contributed by atoms with van der Waals surface area (Å²) >= 11 is 0. The lowest BCUT2D eigenvalue weighted by atomic mass is 10.0. The quantitative estimate of drug-likeness (QED) is 0.777. The van der Waals surface area contributed by atoms with E-state index >= 15 is 0 Å². The highest BCUT2D eigenvalue weighted by molar-refractivity contribution is 5.16. The molecule has 0 radical (unpaired) electrons. The van der Waals surface area contributed by atoms with E-state index < -0.39 is 0 Å². The zero-order valence-electron chi connectivity index (χ0n) is 13.9. The second kappa shape index (κ2) is 8.52. The maximum absolute atomic E-state index is 3.71. The van der Waals surface area contributed by atoms with E-state index in [4.69, 9.17) is 0 Å². The molecule has 2 rings (SSSR count). The molecule has 0 aliphatic carbocycles. The van der Waals surface area contributed by atoms with Crippen molar-refractivity contribution in [3.63, 3.8) is 0 Å². The summed E-state index contributed by atoms with van der Waals surface area (Å²) in [6.07, 6.45) is 3.75. The van der Waals surface area contributed by atoms with Gasteiger partial charge in [-0.3, -0.25) is 4.90 Å². The number of hydrogen-bond donors (Lipinski definition) is 1. The van der Waals surface area contributed by atoms with Gasteiger partial charge in [0, 0.05) is 25.2 Å². The predicted molar refractivity (Wildman–Crippen MR) is 90.8 cm³/mol. The summed E-state index contributed by atoms with van der Waals surface area (Å²) in [6, 6.07) is 12.1. The van der Waals surface area contributed by atoms with Crippen LogP contribution in [0.3, 0.4) is 0 Å². The second-order valence-electron chi connectivity index (χ2n) is 6.65. The molecule has 1 aliphatic heterocycles. The molecule has 1 aromatic rings. The largest absolute Gasteiger partial charge is 0.311 e. The van der Waals surface area contributed by atoms with Gasteiger partial charge in [-0.25, -0.2) is 0 Å². The van der Waals surface area contributed by atoms with Gasteiger partial charge in [-0.05, 0) is 58.9 Å². The molecular formula is C18H31N3. The summed E-state index contributed by atoms with van der Waals surface area (Å²) in [7, 11) is 4.31.